The van der Waals surface area contributed by atoms with Crippen LogP contribution in [-0.4, -0.2) is 35.7 Å². The van der Waals surface area contributed by atoms with Crippen molar-refractivity contribution in [2.45, 2.75) is 11.1 Å². The Morgan fingerprint density at radius 2 is 1.91 bits per heavy atom. The number of halogens is 3. The summed E-state index contributed by atoms with van der Waals surface area (Å²) in [7, 11) is 0. The zero-order valence-corrected chi connectivity index (χ0v) is 17.7. The quantitative estimate of drug-likeness (QED) is 0.284. The number of carbonyl (C=O) groups excluding carboxylic acids is 1. The topological polar surface area (TPSA) is 166 Å². The van der Waals surface area contributed by atoms with Gasteiger partial charge in [-0.3, -0.25) is 9.93 Å². The molecular formula is C19H13F3N10OS. The van der Waals surface area contributed by atoms with E-state index < -0.39 is 23.3 Å². The highest BCUT2D eigenvalue weighted by molar-refractivity contribution is 7.97. The molecule has 0 aliphatic heterocycles. The summed E-state index contributed by atoms with van der Waals surface area (Å²) in [6.07, 6.45) is -0.243. The fraction of sp³-hybridized carbons (Fsp3) is 0.0526. The van der Waals surface area contributed by atoms with Gasteiger partial charge in [0.05, 0.1) is 46.6 Å². The summed E-state index contributed by atoms with van der Waals surface area (Å²) >= 11 is 0.656. The number of anilines is 2. The predicted molar refractivity (Wildman–Crippen MR) is 115 cm³/mol. The molecular weight excluding hydrogens is 473 g/mol. The third-order valence-electron chi connectivity index (χ3n) is 4.51. The summed E-state index contributed by atoms with van der Waals surface area (Å²) in [6.45, 7) is 0. The molecule has 0 unspecified atom stereocenters. The van der Waals surface area contributed by atoms with Gasteiger partial charge in [-0.2, -0.15) is 33.7 Å². The van der Waals surface area contributed by atoms with Crippen LogP contribution in [0, 0.1) is 11.3 Å². The van der Waals surface area contributed by atoms with E-state index in [1.165, 1.54) is 36.7 Å². The number of nitrogens with zero attached hydrogens (tertiary/aromatic N) is 7. The number of nitrogens with two attached hydrogens (primary N) is 2. The molecule has 3 heterocycles. The maximum absolute atomic E-state index is 14.0. The van der Waals surface area contributed by atoms with Crippen molar-refractivity contribution < 1.29 is 18.0 Å². The molecule has 11 nitrogen and oxygen atoms in total. The Kier molecular flexibility index (Phi) is 5.92. The van der Waals surface area contributed by atoms with Crippen LogP contribution >= 0.6 is 11.9 Å². The van der Waals surface area contributed by atoms with E-state index in [1.807, 2.05) is 6.07 Å². The molecule has 0 bridgehead atoms. The van der Waals surface area contributed by atoms with Gasteiger partial charge >= 0.3 is 6.18 Å². The van der Waals surface area contributed by atoms with Crippen LogP contribution in [0.5, 0.6) is 0 Å². The van der Waals surface area contributed by atoms with Crippen molar-refractivity contribution in [3.63, 3.8) is 0 Å². The molecule has 4 aromatic rings. The number of hydrogen-bond donors (Lipinski definition) is 3. The molecule has 1 amide bonds. The molecule has 0 aliphatic carbocycles. The van der Waals surface area contributed by atoms with Crippen LogP contribution in [0.15, 0.2) is 53.9 Å². The maximum Gasteiger partial charge on any atom is 0.434 e. The Balaban J connectivity index is 1.73. The summed E-state index contributed by atoms with van der Waals surface area (Å²) in [5.74, 6) is -1.03. The van der Waals surface area contributed by atoms with E-state index >= 15 is 0 Å². The summed E-state index contributed by atoms with van der Waals surface area (Å²) in [5, 5.41) is 28.8. The van der Waals surface area contributed by atoms with Crippen molar-refractivity contribution in [2.75, 3.05) is 11.1 Å². The Labute approximate surface area is 193 Å². The molecule has 15 heteroatoms. The van der Waals surface area contributed by atoms with Gasteiger partial charge in [0, 0.05) is 5.69 Å². The van der Waals surface area contributed by atoms with Crippen LogP contribution in [0.25, 0.3) is 11.5 Å². The van der Waals surface area contributed by atoms with Crippen LogP contribution in [0.2, 0.25) is 0 Å². The fourth-order valence-electron chi connectivity index (χ4n) is 3.10. The molecule has 0 spiro atoms. The zero-order chi connectivity index (χ0) is 24.5. The molecule has 1 aromatic carbocycles. The highest BCUT2D eigenvalue weighted by atomic mass is 32.2. The molecule has 0 atom stereocenters. The third kappa shape index (κ3) is 4.14. The van der Waals surface area contributed by atoms with Crippen molar-refractivity contribution in [2.24, 2.45) is 5.14 Å². The van der Waals surface area contributed by atoms with E-state index in [9.17, 15) is 23.2 Å². The van der Waals surface area contributed by atoms with Crippen molar-refractivity contribution in [3.8, 4) is 17.6 Å². The van der Waals surface area contributed by atoms with E-state index in [1.54, 1.807) is 0 Å². The highest BCUT2D eigenvalue weighted by Gasteiger charge is 2.41. The van der Waals surface area contributed by atoms with Gasteiger partial charge in [0.25, 0.3) is 5.91 Å². The minimum absolute atomic E-state index is 0.00915. The zero-order valence-electron chi connectivity index (χ0n) is 16.9. The molecule has 0 fully saturated rings. The molecule has 34 heavy (non-hydrogen) atoms. The Morgan fingerprint density at radius 3 is 2.56 bits per heavy atom. The second-order valence-electron chi connectivity index (χ2n) is 6.61. The van der Waals surface area contributed by atoms with E-state index in [2.05, 4.69) is 25.6 Å². The lowest BCUT2D eigenvalue weighted by molar-refractivity contribution is -0.143. The largest absolute Gasteiger partial charge is 0.434 e. The monoisotopic (exact) mass is 486 g/mol. The van der Waals surface area contributed by atoms with Crippen molar-refractivity contribution in [1.82, 2.24) is 29.8 Å². The standard InChI is InChI=1S/C19H13F3N10OS/c20-19(21,22)16-12(9-29-31(16)14-3-1-2-13(24)15(14)34-25)18(33)30-11-6-10(7-23)17(26-8-11)32-27-4-5-28-32/h1-6,8-9H,24-25H2,(H,30,33). The van der Waals surface area contributed by atoms with Crippen LogP contribution in [-0.2, 0) is 6.18 Å². The first-order chi connectivity index (χ1) is 16.2. The second-order valence-corrected chi connectivity index (χ2v) is 7.25. The number of nitriles is 1. The smallest absolute Gasteiger partial charge is 0.398 e. The number of nitrogen functional groups attached to an aromatic ring is 1. The molecule has 5 N–H and O–H groups in total. The van der Waals surface area contributed by atoms with Crippen molar-refractivity contribution in [3.05, 3.63) is 65.9 Å². The number of carbonyl (C=O) groups is 1. The number of rotatable bonds is 5. The number of hydrogen-bond acceptors (Lipinski definition) is 9. The van der Waals surface area contributed by atoms with Gasteiger partial charge in [-0.25, -0.2) is 9.67 Å². The van der Waals surface area contributed by atoms with Gasteiger partial charge in [-0.15, -0.1) is 4.80 Å². The molecule has 4 rings (SSSR count). The molecule has 0 saturated carbocycles. The van der Waals surface area contributed by atoms with Crippen LogP contribution in [0.1, 0.15) is 21.6 Å². The lowest BCUT2D eigenvalue weighted by Crippen LogP contribution is -2.21. The lowest BCUT2D eigenvalue weighted by Gasteiger charge is -2.15. The van der Waals surface area contributed by atoms with E-state index in [-0.39, 0.29) is 33.3 Å². The molecule has 172 valence electrons. The Bertz CT molecular complexity index is 1410. The Morgan fingerprint density at radius 1 is 1.18 bits per heavy atom. The van der Waals surface area contributed by atoms with Crippen LogP contribution < -0.4 is 16.2 Å². The summed E-state index contributed by atoms with van der Waals surface area (Å²) < 4.78 is 42.6. The average molecular weight is 486 g/mol. The minimum Gasteiger partial charge on any atom is -0.398 e. The second kappa shape index (κ2) is 8.84. The fourth-order valence-corrected chi connectivity index (χ4v) is 3.58. The summed E-state index contributed by atoms with van der Waals surface area (Å²) in [4.78, 5) is 18.1. The van der Waals surface area contributed by atoms with Crippen molar-refractivity contribution in [1.29, 1.82) is 5.26 Å². The number of amides is 1. The van der Waals surface area contributed by atoms with Gasteiger partial charge in [-0.05, 0) is 30.1 Å². The highest BCUT2D eigenvalue weighted by Crippen LogP contribution is 2.37. The Hall–Kier alpha value is -4.42. The van der Waals surface area contributed by atoms with Gasteiger partial charge in [0.1, 0.15) is 11.6 Å². The lowest BCUT2D eigenvalue weighted by atomic mass is 10.2. The van der Waals surface area contributed by atoms with E-state index in [4.69, 9.17) is 10.9 Å². The first-order valence-electron chi connectivity index (χ1n) is 9.23. The van der Waals surface area contributed by atoms with E-state index in [0.29, 0.717) is 16.6 Å². The predicted octanol–water partition coefficient (Wildman–Crippen LogP) is 2.54. The van der Waals surface area contributed by atoms with Gasteiger partial charge < -0.3 is 11.1 Å². The van der Waals surface area contributed by atoms with Gasteiger partial charge in [0.2, 0.25) is 0 Å². The summed E-state index contributed by atoms with van der Waals surface area (Å²) in [5.41, 5.74) is 3.85. The van der Waals surface area contributed by atoms with E-state index in [0.717, 1.165) is 17.2 Å². The number of aromatic nitrogens is 6. The number of pyridine rings is 1. The average Bonchev–Trinajstić information content (AvgIpc) is 3.49. The van der Waals surface area contributed by atoms with Crippen molar-refractivity contribution >= 4 is 29.2 Å². The number of benzene rings is 1. The normalized spacial score (nSPS) is 11.3. The maximum atomic E-state index is 14.0. The summed E-state index contributed by atoms with van der Waals surface area (Å²) in [6, 6.07) is 7.38. The van der Waals surface area contributed by atoms with Gasteiger partial charge in [0.15, 0.2) is 11.5 Å². The first-order valence-corrected chi connectivity index (χ1v) is 10.1. The van der Waals surface area contributed by atoms with Crippen LogP contribution in [0.4, 0.5) is 24.5 Å². The van der Waals surface area contributed by atoms with Crippen LogP contribution in [0.3, 0.4) is 0 Å². The van der Waals surface area contributed by atoms with Gasteiger partial charge in [-0.1, -0.05) is 6.07 Å². The minimum atomic E-state index is -4.95. The molecule has 3 aromatic heterocycles. The third-order valence-corrected chi connectivity index (χ3v) is 5.19. The SMILES string of the molecule is N#Cc1cc(NC(=O)c2cnn(-c3cccc(N)c3SN)c2C(F)(F)F)cnc1-n1nccn1. The molecule has 0 radical (unpaired) electrons. The molecule has 0 saturated heterocycles. The number of alkyl halides is 3. The molecule has 0 aliphatic rings. The first kappa shape index (κ1) is 22.8. The number of nitrogens with one attached hydrogen (secondary N) is 1.